The van der Waals surface area contributed by atoms with Gasteiger partial charge in [0, 0.05) is 69.8 Å². The number of carbonyl (C=O) groups is 3. The number of nitrogens with one attached hydrogen (secondary N) is 3. The van der Waals surface area contributed by atoms with Crippen molar-refractivity contribution in [1.82, 2.24) is 20.1 Å². The van der Waals surface area contributed by atoms with Gasteiger partial charge in [-0.3, -0.25) is 9.59 Å². The average molecular weight is 840 g/mol. The second kappa shape index (κ2) is 17.6. The Balaban J connectivity index is 1.34. The Kier molecular flexibility index (Phi) is 12.4. The van der Waals surface area contributed by atoms with Crippen LogP contribution in [0.2, 0.25) is 15.1 Å². The van der Waals surface area contributed by atoms with E-state index >= 15 is 4.79 Å². The smallest absolute Gasteiger partial charge is 0.410 e. The lowest BCUT2D eigenvalue weighted by Crippen LogP contribution is -2.50. The van der Waals surface area contributed by atoms with E-state index in [0.717, 1.165) is 52.7 Å². The van der Waals surface area contributed by atoms with Crippen LogP contribution >= 0.6 is 34.8 Å². The number of benzene rings is 4. The van der Waals surface area contributed by atoms with E-state index in [-0.39, 0.29) is 29.8 Å². The van der Waals surface area contributed by atoms with Crippen LogP contribution in [0.1, 0.15) is 76.7 Å². The zero-order valence-corrected chi connectivity index (χ0v) is 34.8. The Morgan fingerprint density at radius 3 is 2.34 bits per heavy atom. The van der Waals surface area contributed by atoms with Crippen LogP contribution in [0, 0.1) is 0 Å². The van der Waals surface area contributed by atoms with Gasteiger partial charge >= 0.3 is 6.09 Å². The monoisotopic (exact) mass is 838 g/mol. The Bertz CT molecular complexity index is 2410. The van der Waals surface area contributed by atoms with Gasteiger partial charge in [-0.15, -0.1) is 0 Å². The minimum atomic E-state index is -0.428. The number of aromatic amines is 1. The normalized spacial score (nSPS) is 15.7. The molecular formula is C45H45Cl3N6O4. The van der Waals surface area contributed by atoms with Crippen LogP contribution in [0.25, 0.3) is 22.2 Å². The van der Waals surface area contributed by atoms with Gasteiger partial charge in [-0.1, -0.05) is 83.8 Å². The fraction of sp³-hybridized carbons (Fsp3) is 0.267. The number of H-pyrrole nitrogens is 1. The number of allylic oxidation sites excluding steroid dienone is 1. The first-order chi connectivity index (χ1) is 28.0. The summed E-state index contributed by atoms with van der Waals surface area (Å²) in [6.07, 6.45) is 3.75. The highest BCUT2D eigenvalue weighted by Gasteiger charge is 2.33. The number of ether oxygens (including phenoxy) is 1. The summed E-state index contributed by atoms with van der Waals surface area (Å²) in [5.74, 6) is -0.714. The van der Waals surface area contributed by atoms with Crippen molar-refractivity contribution in [3.63, 3.8) is 0 Å². The average Bonchev–Trinajstić information content (AvgIpc) is 3.60. The lowest BCUT2D eigenvalue weighted by molar-refractivity contribution is 0.0499. The number of aromatic nitrogens is 1. The Morgan fingerprint density at radius 1 is 0.931 bits per heavy atom. The molecule has 3 amide bonds. The van der Waals surface area contributed by atoms with E-state index in [1.54, 1.807) is 49.6 Å². The molecule has 10 nitrogen and oxygen atoms in total. The van der Waals surface area contributed by atoms with Crippen LogP contribution < -0.4 is 15.5 Å². The molecule has 2 aliphatic heterocycles. The summed E-state index contributed by atoms with van der Waals surface area (Å²) in [5.41, 5.74) is 6.54. The second-order valence-corrected chi connectivity index (χ2v) is 15.8. The summed E-state index contributed by atoms with van der Waals surface area (Å²) >= 11 is 19.7. The van der Waals surface area contributed by atoms with Crippen molar-refractivity contribution in [2.45, 2.75) is 45.2 Å². The van der Waals surface area contributed by atoms with Gasteiger partial charge < -0.3 is 35.1 Å². The zero-order chi connectivity index (χ0) is 41.1. The topological polar surface area (TPSA) is 110 Å². The van der Waals surface area contributed by atoms with E-state index in [9.17, 15) is 9.59 Å². The predicted octanol–water partition coefficient (Wildman–Crippen LogP) is 10.6. The quantitative estimate of drug-likeness (QED) is 0.122. The molecule has 13 heteroatoms. The van der Waals surface area contributed by atoms with Crippen molar-refractivity contribution < 1.29 is 19.1 Å². The van der Waals surface area contributed by atoms with Crippen molar-refractivity contribution in [3.8, 4) is 0 Å². The zero-order valence-electron chi connectivity index (χ0n) is 32.6. The molecule has 3 N–H and O–H groups in total. The minimum absolute atomic E-state index is 0.0592. The molecule has 0 saturated carbocycles. The number of piperidine rings is 1. The molecule has 0 bridgehead atoms. The van der Waals surface area contributed by atoms with Crippen molar-refractivity contribution in [1.29, 1.82) is 0 Å². The molecule has 2 saturated heterocycles. The third kappa shape index (κ3) is 8.27. The van der Waals surface area contributed by atoms with Gasteiger partial charge in [-0.2, -0.15) is 0 Å². The van der Waals surface area contributed by atoms with Gasteiger partial charge in [0.15, 0.2) is 0 Å². The molecule has 1 atom stereocenters. The maximum absolute atomic E-state index is 15.0. The number of rotatable bonds is 11. The molecule has 4 aromatic carbocycles. The maximum Gasteiger partial charge on any atom is 0.410 e. The van der Waals surface area contributed by atoms with Crippen LogP contribution in [0.15, 0.2) is 97.7 Å². The lowest BCUT2D eigenvalue weighted by Gasteiger charge is -2.40. The van der Waals surface area contributed by atoms with E-state index in [0.29, 0.717) is 63.6 Å². The summed E-state index contributed by atoms with van der Waals surface area (Å²) in [5, 5.41) is 8.17. The molecular weight excluding hydrogens is 795 g/mol. The molecule has 3 heterocycles. The van der Waals surface area contributed by atoms with Crippen LogP contribution in [-0.2, 0) is 4.74 Å². The molecule has 300 valence electrons. The fourth-order valence-corrected chi connectivity index (χ4v) is 8.79. The second-order valence-electron chi connectivity index (χ2n) is 14.5. The SMILES string of the molecule is C=CN(/C(=C(\C)c1ccccc1)c1c(C(=O)Nc2cc(C(=O)NC)ccc2N2CCC(N3CCCOC3=O)CC2)[nH]c2cc(Cl)ccc12)C(C)c1ccc(Cl)cc1Cl. The van der Waals surface area contributed by atoms with Gasteiger partial charge in [-0.05, 0) is 98.5 Å². The lowest BCUT2D eigenvalue weighted by atomic mass is 9.95. The van der Waals surface area contributed by atoms with Gasteiger partial charge in [-0.25, -0.2) is 4.79 Å². The Morgan fingerprint density at radius 2 is 1.66 bits per heavy atom. The molecule has 1 unspecified atom stereocenters. The fourth-order valence-electron chi connectivity index (χ4n) is 8.06. The predicted molar refractivity (Wildman–Crippen MR) is 235 cm³/mol. The van der Waals surface area contributed by atoms with E-state index in [1.165, 1.54) is 0 Å². The molecule has 58 heavy (non-hydrogen) atoms. The molecule has 0 radical (unpaired) electrons. The number of halogens is 3. The summed E-state index contributed by atoms with van der Waals surface area (Å²) in [6.45, 7) is 10.7. The molecule has 7 rings (SSSR count). The van der Waals surface area contributed by atoms with Gasteiger partial charge in [0.2, 0.25) is 0 Å². The maximum atomic E-state index is 15.0. The van der Waals surface area contributed by atoms with Gasteiger partial charge in [0.1, 0.15) is 5.69 Å². The molecule has 1 aromatic heterocycles. The third-order valence-corrected chi connectivity index (χ3v) is 11.9. The van der Waals surface area contributed by atoms with Crippen molar-refractivity contribution in [2.24, 2.45) is 0 Å². The van der Waals surface area contributed by atoms with E-state index in [4.69, 9.17) is 39.5 Å². The molecule has 2 fully saturated rings. The molecule has 5 aromatic rings. The molecule has 0 spiro atoms. The number of fused-ring (bicyclic) bond motifs is 1. The number of carbonyl (C=O) groups excluding carboxylic acids is 3. The highest BCUT2D eigenvalue weighted by Crippen LogP contribution is 2.43. The molecule has 0 aliphatic carbocycles. The number of hydrogen-bond acceptors (Lipinski definition) is 6. The van der Waals surface area contributed by atoms with Crippen molar-refractivity contribution in [3.05, 3.63) is 141 Å². The number of nitrogens with zero attached hydrogens (tertiary/aromatic N) is 3. The Hall–Kier alpha value is -5.42. The summed E-state index contributed by atoms with van der Waals surface area (Å²) < 4.78 is 5.32. The number of cyclic esters (lactones) is 1. The van der Waals surface area contributed by atoms with E-state index < -0.39 is 5.91 Å². The first-order valence-electron chi connectivity index (χ1n) is 19.3. The van der Waals surface area contributed by atoms with Crippen LogP contribution in [0.3, 0.4) is 0 Å². The van der Waals surface area contributed by atoms with Crippen LogP contribution in [-0.4, -0.2) is 72.0 Å². The first kappa shape index (κ1) is 40.8. The minimum Gasteiger partial charge on any atom is -0.449 e. The summed E-state index contributed by atoms with van der Waals surface area (Å²) in [4.78, 5) is 49.9. The first-order valence-corrected chi connectivity index (χ1v) is 20.4. The van der Waals surface area contributed by atoms with Gasteiger partial charge in [0.05, 0.1) is 29.7 Å². The van der Waals surface area contributed by atoms with Crippen LogP contribution in [0.5, 0.6) is 0 Å². The highest BCUT2D eigenvalue weighted by molar-refractivity contribution is 6.35. The highest BCUT2D eigenvalue weighted by atomic mass is 35.5. The van der Waals surface area contributed by atoms with Gasteiger partial charge in [0.25, 0.3) is 11.8 Å². The number of anilines is 2. The largest absolute Gasteiger partial charge is 0.449 e. The third-order valence-electron chi connectivity index (χ3n) is 11.1. The van der Waals surface area contributed by atoms with E-state index in [2.05, 4.69) is 27.1 Å². The van der Waals surface area contributed by atoms with Crippen LogP contribution in [0.4, 0.5) is 16.2 Å². The van der Waals surface area contributed by atoms with Crippen molar-refractivity contribution >= 4 is 86.3 Å². The number of amides is 3. The standard InChI is InChI=1S/C45H45Cl3N6O4/c1-5-53(28(3)34-15-13-31(46)25-36(34)48)42(27(2)29-10-7-6-8-11-29)40-35-16-14-32(47)26-37(35)50-41(40)44(56)51-38-24-30(43(55)49-4)12-17-39(38)52-21-18-33(19-22-52)54-20-9-23-58-45(54)57/h5-8,10-17,24-26,28,33,50H,1,9,18-23H2,2-4H3,(H,49,55)(H,51,56)/b42-27+. The number of hydrogen-bond donors (Lipinski definition) is 3. The van der Waals surface area contributed by atoms with Crippen molar-refractivity contribution in [2.75, 3.05) is 43.5 Å². The summed E-state index contributed by atoms with van der Waals surface area (Å²) in [7, 11) is 1.57. The summed E-state index contributed by atoms with van der Waals surface area (Å²) in [6, 6.07) is 25.9. The molecule has 2 aliphatic rings. The van der Waals surface area contributed by atoms with E-state index in [1.807, 2.05) is 72.2 Å². The Labute approximate surface area is 353 Å².